The monoisotopic (exact) mass is 316 g/mol. The van der Waals surface area contributed by atoms with Crippen LogP contribution in [0, 0.1) is 0 Å². The number of carbonyl (C=O) groups is 1. The highest BCUT2D eigenvalue weighted by atomic mass is 79.9. The fourth-order valence-electron chi connectivity index (χ4n) is 1.61. The average Bonchev–Trinajstić information content (AvgIpc) is 2.74. The molecule has 1 amide bonds. The minimum Gasteiger partial charge on any atom is -0.387 e. The Kier molecular flexibility index (Phi) is 4.06. The van der Waals surface area contributed by atoms with Crippen LogP contribution in [0.3, 0.4) is 0 Å². The fourth-order valence-corrected chi connectivity index (χ4v) is 3.24. The van der Waals surface area contributed by atoms with Gasteiger partial charge in [-0.3, -0.25) is 4.79 Å². The zero-order chi connectivity index (χ0) is 12.3. The van der Waals surface area contributed by atoms with Crippen molar-refractivity contribution in [3.05, 3.63) is 28.5 Å². The lowest BCUT2D eigenvalue weighted by Gasteiger charge is -2.21. The number of aliphatic hydroxyl groups is 1. The molecule has 6 heteroatoms. The highest BCUT2D eigenvalue weighted by Gasteiger charge is 2.32. The molecule has 0 aromatic carbocycles. The van der Waals surface area contributed by atoms with Crippen LogP contribution in [0.15, 0.2) is 22.8 Å². The number of carbonyl (C=O) groups excluding carboxylic acids is 1. The number of thioether (sulfide) groups is 1. The van der Waals surface area contributed by atoms with E-state index in [9.17, 15) is 9.90 Å². The molecule has 0 radical (unpaired) electrons. The molecule has 0 spiro atoms. The summed E-state index contributed by atoms with van der Waals surface area (Å²) in [5, 5.41) is 12.8. The molecule has 1 unspecified atom stereocenters. The molecule has 1 atom stereocenters. The number of rotatable bonds is 3. The quantitative estimate of drug-likeness (QED) is 0.828. The van der Waals surface area contributed by atoms with Crippen LogP contribution in [-0.2, 0) is 0 Å². The second-order valence-corrected chi connectivity index (χ2v) is 5.97. The highest BCUT2D eigenvalue weighted by molar-refractivity contribution is 9.10. The lowest BCUT2D eigenvalue weighted by molar-refractivity contribution is 0.0610. The van der Waals surface area contributed by atoms with Gasteiger partial charge in [-0.1, -0.05) is 6.07 Å². The van der Waals surface area contributed by atoms with Crippen LogP contribution in [0.1, 0.15) is 16.9 Å². The molecule has 2 N–H and O–H groups in total. The van der Waals surface area contributed by atoms with Crippen LogP contribution in [-0.4, -0.2) is 39.6 Å². The average molecular weight is 317 g/mol. The molecule has 1 aliphatic heterocycles. The van der Waals surface area contributed by atoms with Crippen LogP contribution in [0.2, 0.25) is 0 Å². The van der Waals surface area contributed by atoms with Gasteiger partial charge in [0.15, 0.2) is 0 Å². The van der Waals surface area contributed by atoms with E-state index in [1.165, 1.54) is 0 Å². The number of amides is 1. The van der Waals surface area contributed by atoms with Crippen molar-refractivity contribution >= 4 is 33.6 Å². The number of halogens is 1. The molecule has 1 fully saturated rings. The molecule has 92 valence electrons. The Morgan fingerprint density at radius 1 is 1.65 bits per heavy atom. The Hall–Kier alpha value is -0.590. The number of nitrogens with zero attached hydrogens (tertiary/aromatic N) is 1. The second-order valence-electron chi connectivity index (χ2n) is 4.06. The molecule has 1 aliphatic rings. The van der Waals surface area contributed by atoms with Gasteiger partial charge >= 0.3 is 0 Å². The fraction of sp³-hybridized carbons (Fsp3) is 0.455. The van der Waals surface area contributed by atoms with E-state index in [0.29, 0.717) is 16.0 Å². The van der Waals surface area contributed by atoms with Gasteiger partial charge in [0.1, 0.15) is 10.3 Å². The van der Waals surface area contributed by atoms with Gasteiger partial charge in [-0.15, -0.1) is 0 Å². The summed E-state index contributed by atoms with van der Waals surface area (Å²) in [4.78, 5) is 15.8. The van der Waals surface area contributed by atoms with Gasteiger partial charge in [0, 0.05) is 12.3 Å². The SMILES string of the molecule is O=C(NCC1(O)CCSC1)c1cccc(Br)n1. The first kappa shape index (κ1) is 12.9. The summed E-state index contributed by atoms with van der Waals surface area (Å²) in [6.07, 6.45) is 0.726. The van der Waals surface area contributed by atoms with E-state index in [1.54, 1.807) is 30.0 Å². The first-order valence-electron chi connectivity index (χ1n) is 5.30. The minimum atomic E-state index is -0.758. The van der Waals surface area contributed by atoms with Crippen molar-refractivity contribution in [1.82, 2.24) is 10.3 Å². The van der Waals surface area contributed by atoms with Crippen molar-refractivity contribution < 1.29 is 9.90 Å². The molecule has 2 rings (SSSR count). The normalized spacial score (nSPS) is 23.6. The summed E-state index contributed by atoms with van der Waals surface area (Å²) in [6, 6.07) is 5.16. The number of hydrogen-bond donors (Lipinski definition) is 2. The van der Waals surface area contributed by atoms with Gasteiger partial charge in [0.05, 0.1) is 5.60 Å². The predicted octanol–water partition coefficient (Wildman–Crippen LogP) is 1.44. The predicted molar refractivity (Wildman–Crippen MR) is 71.2 cm³/mol. The van der Waals surface area contributed by atoms with Crippen molar-refractivity contribution in [1.29, 1.82) is 0 Å². The number of nitrogens with one attached hydrogen (secondary N) is 1. The molecular formula is C11H13BrN2O2S. The molecule has 0 aliphatic carbocycles. The minimum absolute atomic E-state index is 0.253. The summed E-state index contributed by atoms with van der Waals surface area (Å²) in [7, 11) is 0. The van der Waals surface area contributed by atoms with E-state index < -0.39 is 5.60 Å². The number of hydrogen-bond acceptors (Lipinski definition) is 4. The second kappa shape index (κ2) is 5.37. The van der Waals surface area contributed by atoms with E-state index in [-0.39, 0.29) is 12.5 Å². The third-order valence-electron chi connectivity index (χ3n) is 2.61. The maximum Gasteiger partial charge on any atom is 0.270 e. The lowest BCUT2D eigenvalue weighted by atomic mass is 10.0. The van der Waals surface area contributed by atoms with Crippen LogP contribution in [0.25, 0.3) is 0 Å². The van der Waals surface area contributed by atoms with Crippen molar-refractivity contribution in [3.63, 3.8) is 0 Å². The molecule has 4 nitrogen and oxygen atoms in total. The first-order valence-corrected chi connectivity index (χ1v) is 7.25. The molecule has 17 heavy (non-hydrogen) atoms. The maximum atomic E-state index is 11.8. The van der Waals surface area contributed by atoms with E-state index in [1.807, 2.05) is 0 Å². The zero-order valence-electron chi connectivity index (χ0n) is 9.15. The van der Waals surface area contributed by atoms with Crippen molar-refractivity contribution in [3.8, 4) is 0 Å². The summed E-state index contributed by atoms with van der Waals surface area (Å²) < 4.78 is 0.625. The zero-order valence-corrected chi connectivity index (χ0v) is 11.6. The van der Waals surface area contributed by atoms with Crippen molar-refractivity contribution in [2.45, 2.75) is 12.0 Å². The largest absolute Gasteiger partial charge is 0.387 e. The van der Waals surface area contributed by atoms with Crippen LogP contribution < -0.4 is 5.32 Å². The van der Waals surface area contributed by atoms with E-state index in [2.05, 4.69) is 26.2 Å². The van der Waals surface area contributed by atoms with E-state index in [4.69, 9.17) is 0 Å². The lowest BCUT2D eigenvalue weighted by Crippen LogP contribution is -2.43. The van der Waals surface area contributed by atoms with Gasteiger partial charge in [0.2, 0.25) is 0 Å². The summed E-state index contributed by atoms with van der Waals surface area (Å²) in [5.74, 6) is 1.37. The Morgan fingerprint density at radius 2 is 2.47 bits per heavy atom. The van der Waals surface area contributed by atoms with Gasteiger partial charge in [0.25, 0.3) is 5.91 Å². The summed E-state index contributed by atoms with van der Waals surface area (Å²) >= 11 is 4.92. The van der Waals surface area contributed by atoms with Gasteiger partial charge in [-0.2, -0.15) is 11.8 Å². The van der Waals surface area contributed by atoms with Gasteiger partial charge in [-0.05, 0) is 40.2 Å². The Balaban J connectivity index is 1.93. The third kappa shape index (κ3) is 3.43. The maximum absolute atomic E-state index is 11.8. The standard InChI is InChI=1S/C11H13BrN2O2S/c12-9-3-1-2-8(14-9)10(15)13-6-11(16)4-5-17-7-11/h1-3,16H,4-7H2,(H,13,15). The molecular weight excluding hydrogens is 304 g/mol. The van der Waals surface area contributed by atoms with E-state index >= 15 is 0 Å². The molecule has 1 saturated heterocycles. The van der Waals surface area contributed by atoms with Gasteiger partial charge in [-0.25, -0.2) is 4.98 Å². The van der Waals surface area contributed by atoms with E-state index in [0.717, 1.165) is 12.2 Å². The Bertz CT molecular complexity index is 422. The number of pyridine rings is 1. The third-order valence-corrected chi connectivity index (χ3v) is 4.28. The number of aromatic nitrogens is 1. The molecule has 1 aromatic rings. The Labute approximate surface area is 112 Å². The van der Waals surface area contributed by atoms with Crippen molar-refractivity contribution in [2.24, 2.45) is 0 Å². The molecule has 0 saturated carbocycles. The summed E-state index contributed by atoms with van der Waals surface area (Å²) in [5.41, 5.74) is -0.402. The van der Waals surface area contributed by atoms with Gasteiger partial charge < -0.3 is 10.4 Å². The highest BCUT2D eigenvalue weighted by Crippen LogP contribution is 2.26. The topological polar surface area (TPSA) is 62.2 Å². The molecule has 0 bridgehead atoms. The first-order chi connectivity index (χ1) is 8.09. The summed E-state index contributed by atoms with van der Waals surface area (Å²) in [6.45, 7) is 0.285. The van der Waals surface area contributed by atoms with Crippen molar-refractivity contribution in [2.75, 3.05) is 18.1 Å². The smallest absolute Gasteiger partial charge is 0.270 e. The Morgan fingerprint density at radius 3 is 3.12 bits per heavy atom. The molecule has 2 heterocycles. The molecule has 1 aromatic heterocycles. The van der Waals surface area contributed by atoms with Crippen LogP contribution in [0.4, 0.5) is 0 Å². The van der Waals surface area contributed by atoms with Crippen LogP contribution >= 0.6 is 27.7 Å². The van der Waals surface area contributed by atoms with Crippen LogP contribution in [0.5, 0.6) is 0 Å².